The minimum atomic E-state index is 0.218. The Bertz CT molecular complexity index is 307. The van der Waals surface area contributed by atoms with E-state index in [-0.39, 0.29) is 6.04 Å². The molecule has 0 spiro atoms. The molecule has 0 saturated heterocycles. The summed E-state index contributed by atoms with van der Waals surface area (Å²) < 4.78 is 5.62. The van der Waals surface area contributed by atoms with E-state index < -0.39 is 0 Å². The second-order valence-electron chi connectivity index (χ2n) is 4.13. The minimum absolute atomic E-state index is 0.218. The van der Waals surface area contributed by atoms with Gasteiger partial charge in [-0.05, 0) is 43.4 Å². The summed E-state index contributed by atoms with van der Waals surface area (Å²) >= 11 is 0. The van der Waals surface area contributed by atoms with Crippen molar-refractivity contribution in [1.29, 1.82) is 0 Å². The van der Waals surface area contributed by atoms with Crippen LogP contribution in [0.15, 0.2) is 24.3 Å². The first-order chi connectivity index (χ1) is 6.75. The first kappa shape index (κ1) is 9.53. The quantitative estimate of drug-likeness (QED) is 0.791. The Labute approximate surface area is 85.1 Å². The molecule has 1 atom stereocenters. The average molecular weight is 191 g/mol. The fourth-order valence-corrected chi connectivity index (χ4v) is 1.56. The lowest BCUT2D eigenvalue weighted by molar-refractivity contribution is 0.276. The third-order valence-electron chi connectivity index (χ3n) is 2.66. The summed E-state index contributed by atoms with van der Waals surface area (Å²) in [7, 11) is 0. The molecule has 76 valence electrons. The fraction of sp³-hybridized carbons (Fsp3) is 0.500. The Morgan fingerprint density at radius 2 is 2.29 bits per heavy atom. The third kappa shape index (κ3) is 2.48. The molecule has 0 unspecified atom stereocenters. The maximum Gasteiger partial charge on any atom is 0.119 e. The van der Waals surface area contributed by atoms with E-state index in [1.165, 1.54) is 18.4 Å². The van der Waals surface area contributed by atoms with Crippen molar-refractivity contribution in [2.24, 2.45) is 11.7 Å². The normalized spacial score (nSPS) is 17.9. The molecule has 0 heterocycles. The van der Waals surface area contributed by atoms with Crippen molar-refractivity contribution in [3.8, 4) is 5.75 Å². The highest BCUT2D eigenvalue weighted by atomic mass is 16.5. The summed E-state index contributed by atoms with van der Waals surface area (Å²) in [5.74, 6) is 1.64. The van der Waals surface area contributed by atoms with Gasteiger partial charge < -0.3 is 10.5 Å². The van der Waals surface area contributed by atoms with Gasteiger partial charge in [0.05, 0.1) is 0 Å². The molecule has 1 aromatic rings. The number of ether oxygens (including phenoxy) is 1. The monoisotopic (exact) mass is 191 g/mol. The van der Waals surface area contributed by atoms with E-state index in [2.05, 4.69) is 13.0 Å². The molecule has 0 amide bonds. The Morgan fingerprint density at radius 1 is 1.50 bits per heavy atom. The summed E-state index contributed by atoms with van der Waals surface area (Å²) in [5.41, 5.74) is 7.16. The molecule has 2 nitrogen and oxygen atoms in total. The molecule has 0 bridgehead atoms. The van der Waals surface area contributed by atoms with Crippen LogP contribution in [0.5, 0.6) is 5.75 Å². The Morgan fingerprint density at radius 3 is 2.93 bits per heavy atom. The second kappa shape index (κ2) is 4.01. The topological polar surface area (TPSA) is 35.2 Å². The van der Waals surface area contributed by atoms with E-state index in [1.54, 1.807) is 0 Å². The number of nitrogens with two attached hydrogens (primary N) is 1. The zero-order valence-electron chi connectivity index (χ0n) is 8.57. The van der Waals surface area contributed by atoms with Gasteiger partial charge in [0.2, 0.25) is 0 Å². The number of rotatable bonds is 4. The largest absolute Gasteiger partial charge is 0.492 e. The summed E-state index contributed by atoms with van der Waals surface area (Å²) in [6.07, 6.45) is 2.55. The van der Waals surface area contributed by atoms with Crippen LogP contribution >= 0.6 is 0 Å². The molecule has 1 aliphatic rings. The van der Waals surface area contributed by atoms with E-state index in [0.717, 1.165) is 5.75 Å². The van der Waals surface area contributed by atoms with Crippen LogP contribution < -0.4 is 10.5 Å². The smallest absolute Gasteiger partial charge is 0.119 e. The van der Waals surface area contributed by atoms with Crippen molar-refractivity contribution in [3.05, 3.63) is 29.8 Å². The third-order valence-corrected chi connectivity index (χ3v) is 2.66. The summed E-state index contributed by atoms with van der Waals surface area (Å²) in [6, 6.07) is 8.31. The number of hydrogen-bond donors (Lipinski definition) is 1. The molecule has 14 heavy (non-hydrogen) atoms. The van der Waals surface area contributed by atoms with Crippen LogP contribution in [-0.2, 0) is 0 Å². The van der Waals surface area contributed by atoms with E-state index in [1.807, 2.05) is 18.2 Å². The molecule has 2 N–H and O–H groups in total. The number of aryl methyl sites for hydroxylation is 1. The molecule has 1 saturated carbocycles. The highest BCUT2D eigenvalue weighted by Gasteiger charge is 2.28. The van der Waals surface area contributed by atoms with E-state index in [9.17, 15) is 0 Å². The molecule has 0 aromatic heterocycles. The van der Waals surface area contributed by atoms with Gasteiger partial charge in [-0.2, -0.15) is 0 Å². The zero-order chi connectivity index (χ0) is 9.97. The Hall–Kier alpha value is -1.02. The summed E-state index contributed by atoms with van der Waals surface area (Å²) in [6.45, 7) is 2.71. The number of benzene rings is 1. The van der Waals surface area contributed by atoms with Crippen LogP contribution in [-0.4, -0.2) is 12.6 Å². The summed E-state index contributed by atoms with van der Waals surface area (Å²) in [4.78, 5) is 0. The molecule has 1 aromatic carbocycles. The lowest BCUT2D eigenvalue weighted by atomic mass is 10.2. The second-order valence-corrected chi connectivity index (χ2v) is 4.13. The van der Waals surface area contributed by atoms with E-state index in [0.29, 0.717) is 12.5 Å². The molecule has 1 aliphatic carbocycles. The number of hydrogen-bond acceptors (Lipinski definition) is 2. The Balaban J connectivity index is 1.84. The van der Waals surface area contributed by atoms with Gasteiger partial charge in [0, 0.05) is 6.04 Å². The van der Waals surface area contributed by atoms with Gasteiger partial charge in [0.1, 0.15) is 12.4 Å². The van der Waals surface area contributed by atoms with Crippen molar-refractivity contribution in [3.63, 3.8) is 0 Å². The van der Waals surface area contributed by atoms with Crippen LogP contribution in [0.4, 0.5) is 0 Å². The molecule has 1 fully saturated rings. The van der Waals surface area contributed by atoms with Crippen molar-refractivity contribution in [2.45, 2.75) is 25.8 Å². The lowest BCUT2D eigenvalue weighted by Crippen LogP contribution is -2.29. The predicted octanol–water partition coefficient (Wildman–Crippen LogP) is 2.11. The SMILES string of the molecule is Cc1cccc(OC[C@@H](N)C2CC2)c1. The van der Waals surface area contributed by atoms with Gasteiger partial charge in [-0.25, -0.2) is 0 Å². The van der Waals surface area contributed by atoms with Crippen molar-refractivity contribution < 1.29 is 4.74 Å². The molecule has 2 heteroatoms. The van der Waals surface area contributed by atoms with E-state index >= 15 is 0 Å². The fourth-order valence-electron chi connectivity index (χ4n) is 1.56. The maximum atomic E-state index is 5.94. The van der Waals surface area contributed by atoms with Gasteiger partial charge >= 0.3 is 0 Å². The molecule has 0 radical (unpaired) electrons. The standard InChI is InChI=1S/C12H17NO/c1-9-3-2-4-11(7-9)14-8-12(13)10-5-6-10/h2-4,7,10,12H,5-6,8,13H2,1H3/t12-/m1/s1. The van der Waals surface area contributed by atoms with Crippen LogP contribution in [0.3, 0.4) is 0 Å². The average Bonchev–Trinajstić information content (AvgIpc) is 2.97. The molecule has 0 aliphatic heterocycles. The summed E-state index contributed by atoms with van der Waals surface area (Å²) in [5, 5.41) is 0. The molecular weight excluding hydrogens is 174 g/mol. The zero-order valence-corrected chi connectivity index (χ0v) is 8.57. The van der Waals surface area contributed by atoms with Gasteiger partial charge in [-0.3, -0.25) is 0 Å². The molecular formula is C12H17NO. The van der Waals surface area contributed by atoms with Gasteiger partial charge in [-0.15, -0.1) is 0 Å². The minimum Gasteiger partial charge on any atom is -0.492 e. The predicted molar refractivity (Wildman–Crippen MR) is 57.4 cm³/mol. The highest BCUT2D eigenvalue weighted by Crippen LogP contribution is 2.31. The van der Waals surface area contributed by atoms with Gasteiger partial charge in [0.25, 0.3) is 0 Å². The van der Waals surface area contributed by atoms with Crippen LogP contribution in [0.25, 0.3) is 0 Å². The van der Waals surface area contributed by atoms with Crippen molar-refractivity contribution >= 4 is 0 Å². The van der Waals surface area contributed by atoms with Crippen molar-refractivity contribution in [2.75, 3.05) is 6.61 Å². The van der Waals surface area contributed by atoms with Gasteiger partial charge in [-0.1, -0.05) is 12.1 Å². The van der Waals surface area contributed by atoms with Gasteiger partial charge in [0.15, 0.2) is 0 Å². The highest BCUT2D eigenvalue weighted by molar-refractivity contribution is 5.27. The van der Waals surface area contributed by atoms with Crippen molar-refractivity contribution in [1.82, 2.24) is 0 Å². The van der Waals surface area contributed by atoms with Crippen LogP contribution in [0.1, 0.15) is 18.4 Å². The van der Waals surface area contributed by atoms with Crippen LogP contribution in [0, 0.1) is 12.8 Å². The van der Waals surface area contributed by atoms with E-state index in [4.69, 9.17) is 10.5 Å². The first-order valence-electron chi connectivity index (χ1n) is 5.21. The maximum absolute atomic E-state index is 5.94. The Kier molecular flexibility index (Phi) is 2.73. The molecule has 2 rings (SSSR count). The first-order valence-corrected chi connectivity index (χ1v) is 5.21. The lowest BCUT2D eigenvalue weighted by Gasteiger charge is -2.12. The van der Waals surface area contributed by atoms with Crippen LogP contribution in [0.2, 0.25) is 0 Å².